The molecule has 0 rings (SSSR count). The van der Waals surface area contributed by atoms with Gasteiger partial charge in [-0.2, -0.15) is 0 Å². The molecule has 0 fully saturated rings. The van der Waals surface area contributed by atoms with Crippen molar-refractivity contribution in [1.82, 2.24) is 0 Å². The zero-order chi connectivity index (χ0) is 9.78. The molecule has 68 valence electrons. The number of hydrogen-bond acceptors (Lipinski definition) is 3. The lowest BCUT2D eigenvalue weighted by Crippen LogP contribution is -2.04. The van der Waals surface area contributed by atoms with Gasteiger partial charge in [-0.05, 0) is 12.5 Å². The van der Waals surface area contributed by atoms with Crippen LogP contribution in [0.25, 0.3) is 0 Å². The van der Waals surface area contributed by atoms with Crippen molar-refractivity contribution in [3.05, 3.63) is 23.1 Å². The molecule has 0 aliphatic carbocycles. The van der Waals surface area contributed by atoms with Crippen LogP contribution in [0.15, 0.2) is 28.1 Å². The summed E-state index contributed by atoms with van der Waals surface area (Å²) in [7, 11) is -1.65. The molecule has 0 aliphatic rings. The minimum atomic E-state index is -3.18. The van der Waals surface area contributed by atoms with Gasteiger partial charge in [-0.25, -0.2) is 8.42 Å². The van der Waals surface area contributed by atoms with Crippen LogP contribution < -0.4 is 0 Å². The molecule has 12 heavy (non-hydrogen) atoms. The SMILES string of the molecule is C=C/C(C)=C(\C=NC)S(C)(=O)=O. The van der Waals surface area contributed by atoms with Crippen molar-refractivity contribution < 1.29 is 8.42 Å². The number of hydrogen-bond donors (Lipinski definition) is 0. The van der Waals surface area contributed by atoms with Crippen molar-refractivity contribution in [3.8, 4) is 0 Å². The van der Waals surface area contributed by atoms with E-state index < -0.39 is 9.84 Å². The highest BCUT2D eigenvalue weighted by Crippen LogP contribution is 2.09. The van der Waals surface area contributed by atoms with E-state index in [0.717, 1.165) is 6.26 Å². The molecule has 0 N–H and O–H groups in total. The summed E-state index contributed by atoms with van der Waals surface area (Å²) in [6.07, 6.45) is 3.97. The highest BCUT2D eigenvalue weighted by molar-refractivity contribution is 7.95. The van der Waals surface area contributed by atoms with Crippen molar-refractivity contribution in [3.63, 3.8) is 0 Å². The molecule has 0 aromatic carbocycles. The van der Waals surface area contributed by atoms with E-state index in [1.54, 1.807) is 6.92 Å². The van der Waals surface area contributed by atoms with Gasteiger partial charge in [0, 0.05) is 19.5 Å². The Labute approximate surface area is 73.4 Å². The maximum absolute atomic E-state index is 11.1. The molecule has 0 atom stereocenters. The van der Waals surface area contributed by atoms with Gasteiger partial charge in [0.25, 0.3) is 0 Å². The lowest BCUT2D eigenvalue weighted by Gasteiger charge is -2.00. The Morgan fingerprint density at radius 1 is 1.50 bits per heavy atom. The number of rotatable bonds is 3. The summed E-state index contributed by atoms with van der Waals surface area (Å²) in [6, 6.07) is 0. The van der Waals surface area contributed by atoms with Crippen LogP contribution in [0.3, 0.4) is 0 Å². The van der Waals surface area contributed by atoms with E-state index in [4.69, 9.17) is 0 Å². The lowest BCUT2D eigenvalue weighted by molar-refractivity contribution is 0.609. The van der Waals surface area contributed by atoms with Gasteiger partial charge in [-0.15, -0.1) is 0 Å². The third kappa shape index (κ3) is 3.00. The molecule has 0 saturated carbocycles. The maximum atomic E-state index is 11.1. The average molecular weight is 187 g/mol. The predicted octanol–water partition coefficient (Wildman–Crippen LogP) is 1.19. The average Bonchev–Trinajstić information content (AvgIpc) is 1.96. The summed E-state index contributed by atoms with van der Waals surface area (Å²) in [4.78, 5) is 3.88. The Bertz CT molecular complexity index is 323. The first-order valence-corrected chi connectivity index (χ1v) is 5.28. The van der Waals surface area contributed by atoms with Gasteiger partial charge >= 0.3 is 0 Å². The summed E-state index contributed by atoms with van der Waals surface area (Å²) in [5.74, 6) is 0. The molecule has 0 radical (unpaired) electrons. The summed E-state index contributed by atoms with van der Waals surface area (Å²) < 4.78 is 22.2. The second kappa shape index (κ2) is 4.21. The van der Waals surface area contributed by atoms with Gasteiger partial charge in [-0.3, -0.25) is 4.99 Å². The summed E-state index contributed by atoms with van der Waals surface area (Å²) in [5, 5.41) is 0. The second-order valence-corrected chi connectivity index (χ2v) is 4.40. The molecule has 0 amide bonds. The predicted molar refractivity (Wildman–Crippen MR) is 52.2 cm³/mol. The lowest BCUT2D eigenvalue weighted by atomic mass is 10.3. The van der Waals surface area contributed by atoms with Gasteiger partial charge in [0.15, 0.2) is 9.84 Å². The van der Waals surface area contributed by atoms with E-state index >= 15 is 0 Å². The maximum Gasteiger partial charge on any atom is 0.177 e. The number of sulfone groups is 1. The normalized spacial score (nSPS) is 14.6. The Morgan fingerprint density at radius 3 is 2.25 bits per heavy atom. The topological polar surface area (TPSA) is 46.5 Å². The number of allylic oxidation sites excluding steroid dienone is 3. The number of nitrogens with zero attached hydrogens (tertiary/aromatic N) is 1. The first-order valence-electron chi connectivity index (χ1n) is 3.39. The van der Waals surface area contributed by atoms with Gasteiger partial charge in [0.05, 0.1) is 4.91 Å². The Morgan fingerprint density at radius 2 is 2.00 bits per heavy atom. The second-order valence-electron chi connectivity index (χ2n) is 2.41. The van der Waals surface area contributed by atoms with Crippen LogP contribution in [0, 0.1) is 0 Å². The third-order valence-electron chi connectivity index (χ3n) is 1.34. The zero-order valence-electron chi connectivity index (χ0n) is 7.53. The highest BCUT2D eigenvalue weighted by atomic mass is 32.2. The molecule has 3 nitrogen and oxygen atoms in total. The van der Waals surface area contributed by atoms with E-state index in [-0.39, 0.29) is 4.91 Å². The van der Waals surface area contributed by atoms with Crippen molar-refractivity contribution in [2.75, 3.05) is 13.3 Å². The monoisotopic (exact) mass is 187 g/mol. The van der Waals surface area contributed by atoms with Gasteiger partial charge in [0.2, 0.25) is 0 Å². The molecular formula is C8H13NO2S. The molecule has 0 saturated heterocycles. The minimum absolute atomic E-state index is 0.222. The molecule has 4 heteroatoms. The molecule has 0 heterocycles. The molecule has 0 spiro atoms. The van der Waals surface area contributed by atoms with Gasteiger partial charge in [-0.1, -0.05) is 12.7 Å². The fourth-order valence-corrected chi connectivity index (χ4v) is 1.67. The van der Waals surface area contributed by atoms with Crippen LogP contribution in [0.4, 0.5) is 0 Å². The van der Waals surface area contributed by atoms with E-state index in [2.05, 4.69) is 11.6 Å². The van der Waals surface area contributed by atoms with E-state index in [1.165, 1.54) is 19.3 Å². The first-order chi connectivity index (χ1) is 5.43. The Balaban J connectivity index is 5.36. The standard InChI is InChI=1S/C8H13NO2S/c1-5-7(2)8(6-9-3)12(4,10)11/h5-6H,1H2,2-4H3/b8-7+,9-6?. The van der Waals surface area contributed by atoms with Crippen LogP contribution >= 0.6 is 0 Å². The minimum Gasteiger partial charge on any atom is -0.295 e. The number of aliphatic imine (C=N–C) groups is 1. The van der Waals surface area contributed by atoms with Crippen molar-refractivity contribution in [2.45, 2.75) is 6.92 Å². The molecule has 0 unspecified atom stereocenters. The third-order valence-corrected chi connectivity index (χ3v) is 2.57. The fraction of sp³-hybridized carbons (Fsp3) is 0.375. The van der Waals surface area contributed by atoms with Gasteiger partial charge < -0.3 is 0 Å². The van der Waals surface area contributed by atoms with Gasteiger partial charge in [0.1, 0.15) is 0 Å². The van der Waals surface area contributed by atoms with E-state index in [1.807, 2.05) is 0 Å². The molecule has 0 aromatic rings. The quantitative estimate of drug-likeness (QED) is 0.492. The smallest absolute Gasteiger partial charge is 0.177 e. The zero-order valence-corrected chi connectivity index (χ0v) is 8.35. The Hall–Kier alpha value is -0.900. The summed E-state index contributed by atoms with van der Waals surface area (Å²) >= 11 is 0. The Kier molecular flexibility index (Phi) is 3.89. The largest absolute Gasteiger partial charge is 0.295 e. The molecule has 0 aliphatic heterocycles. The van der Waals surface area contributed by atoms with Crippen LogP contribution in [-0.2, 0) is 9.84 Å². The summed E-state index contributed by atoms with van der Waals surface area (Å²) in [6.45, 7) is 5.18. The van der Waals surface area contributed by atoms with E-state index in [9.17, 15) is 8.42 Å². The fourth-order valence-electron chi connectivity index (χ4n) is 0.708. The van der Waals surface area contributed by atoms with E-state index in [0.29, 0.717) is 5.57 Å². The van der Waals surface area contributed by atoms with Crippen molar-refractivity contribution in [1.29, 1.82) is 0 Å². The molecular weight excluding hydrogens is 174 g/mol. The van der Waals surface area contributed by atoms with Crippen LogP contribution in [0.5, 0.6) is 0 Å². The molecule has 0 aromatic heterocycles. The van der Waals surface area contributed by atoms with Crippen molar-refractivity contribution in [2.24, 2.45) is 4.99 Å². The van der Waals surface area contributed by atoms with Crippen molar-refractivity contribution >= 4 is 16.1 Å². The van der Waals surface area contributed by atoms with Crippen LogP contribution in [0.2, 0.25) is 0 Å². The highest BCUT2D eigenvalue weighted by Gasteiger charge is 2.10. The first kappa shape index (κ1) is 11.1. The van der Waals surface area contributed by atoms with Crippen LogP contribution in [-0.4, -0.2) is 27.9 Å². The molecule has 0 bridgehead atoms. The summed E-state index contributed by atoms with van der Waals surface area (Å²) in [5.41, 5.74) is 0.614. The van der Waals surface area contributed by atoms with Crippen LogP contribution in [0.1, 0.15) is 6.92 Å².